The molecule has 0 fully saturated rings. The molecule has 7 heteroatoms. The van der Waals surface area contributed by atoms with Crippen LogP contribution in [0.1, 0.15) is 20.2 Å². The Bertz CT molecular complexity index is 582. The number of nitrogens with one attached hydrogen (secondary N) is 2. The predicted molar refractivity (Wildman–Crippen MR) is 76.3 cm³/mol. The van der Waals surface area contributed by atoms with Gasteiger partial charge in [-0.2, -0.15) is 0 Å². The summed E-state index contributed by atoms with van der Waals surface area (Å²) >= 11 is 2.90. The molecule has 0 bridgehead atoms. The highest BCUT2D eigenvalue weighted by molar-refractivity contribution is 7.16. The third kappa shape index (κ3) is 2.49. The van der Waals surface area contributed by atoms with Gasteiger partial charge in [0.2, 0.25) is 0 Å². The van der Waals surface area contributed by atoms with Crippen molar-refractivity contribution >= 4 is 33.7 Å². The molecule has 0 spiro atoms. The highest BCUT2D eigenvalue weighted by atomic mass is 32.1. The van der Waals surface area contributed by atoms with Crippen molar-refractivity contribution in [1.82, 2.24) is 10.3 Å². The van der Waals surface area contributed by atoms with Gasteiger partial charge in [-0.05, 0) is 11.4 Å². The van der Waals surface area contributed by atoms with Gasteiger partial charge in [0.05, 0.1) is 12.8 Å². The van der Waals surface area contributed by atoms with E-state index in [1.54, 1.807) is 13.2 Å². The standard InChI is InChI=1S/C12H13N3O2S2/c1-17-8-3-5-18-10(8)11(16)15-12-14-7-2-4-13-6-9(7)19-12/h3,5,13H,2,4,6H2,1H3,(H,14,15,16). The summed E-state index contributed by atoms with van der Waals surface area (Å²) in [4.78, 5) is 18.4. The number of amides is 1. The number of nitrogens with zero attached hydrogens (tertiary/aromatic N) is 1. The molecule has 0 aromatic carbocycles. The van der Waals surface area contributed by atoms with E-state index in [4.69, 9.17) is 4.74 Å². The Labute approximate surface area is 118 Å². The summed E-state index contributed by atoms with van der Waals surface area (Å²) < 4.78 is 5.15. The Hall–Kier alpha value is -1.44. The molecule has 2 aromatic rings. The molecule has 19 heavy (non-hydrogen) atoms. The topological polar surface area (TPSA) is 63.2 Å². The zero-order valence-electron chi connectivity index (χ0n) is 10.4. The van der Waals surface area contributed by atoms with Crippen molar-refractivity contribution in [2.75, 3.05) is 19.0 Å². The van der Waals surface area contributed by atoms with Crippen LogP contribution in [-0.2, 0) is 13.0 Å². The molecule has 1 aliphatic heterocycles. The summed E-state index contributed by atoms with van der Waals surface area (Å²) in [5.74, 6) is 0.441. The quantitative estimate of drug-likeness (QED) is 0.910. The largest absolute Gasteiger partial charge is 0.495 e. The Morgan fingerprint density at radius 1 is 1.58 bits per heavy atom. The second kappa shape index (κ2) is 5.28. The van der Waals surface area contributed by atoms with Crippen molar-refractivity contribution in [2.45, 2.75) is 13.0 Å². The van der Waals surface area contributed by atoms with Gasteiger partial charge in [0.1, 0.15) is 10.6 Å². The normalized spacial score (nSPS) is 13.9. The first-order chi connectivity index (χ1) is 9.28. The van der Waals surface area contributed by atoms with Crippen LogP contribution in [0.5, 0.6) is 5.75 Å². The monoisotopic (exact) mass is 295 g/mol. The minimum Gasteiger partial charge on any atom is -0.495 e. The molecule has 0 unspecified atom stereocenters. The second-order valence-corrected chi connectivity index (χ2v) is 6.09. The fourth-order valence-electron chi connectivity index (χ4n) is 1.96. The van der Waals surface area contributed by atoms with E-state index >= 15 is 0 Å². The van der Waals surface area contributed by atoms with Crippen molar-refractivity contribution in [2.24, 2.45) is 0 Å². The minimum absolute atomic E-state index is 0.161. The predicted octanol–water partition coefficient (Wildman–Crippen LogP) is 2.11. The lowest BCUT2D eigenvalue weighted by Crippen LogP contribution is -2.22. The van der Waals surface area contributed by atoms with Gasteiger partial charge in [-0.15, -0.1) is 22.7 Å². The third-order valence-electron chi connectivity index (χ3n) is 2.88. The molecular formula is C12H13N3O2S2. The maximum absolute atomic E-state index is 12.1. The highest BCUT2D eigenvalue weighted by Gasteiger charge is 2.18. The number of methoxy groups -OCH3 is 1. The molecule has 1 aliphatic rings. The van der Waals surface area contributed by atoms with Crippen LogP contribution < -0.4 is 15.4 Å². The Kier molecular flexibility index (Phi) is 3.50. The van der Waals surface area contributed by atoms with E-state index in [1.807, 2.05) is 5.38 Å². The molecule has 2 N–H and O–H groups in total. The number of anilines is 1. The molecule has 3 heterocycles. The number of carbonyl (C=O) groups excluding carboxylic acids is 1. The zero-order chi connectivity index (χ0) is 13.2. The molecule has 0 saturated carbocycles. The van der Waals surface area contributed by atoms with Gasteiger partial charge >= 0.3 is 0 Å². The van der Waals surface area contributed by atoms with Crippen LogP contribution in [0, 0.1) is 0 Å². The fourth-order valence-corrected chi connectivity index (χ4v) is 3.68. The second-order valence-electron chi connectivity index (χ2n) is 4.09. The van der Waals surface area contributed by atoms with Crippen LogP contribution in [0.4, 0.5) is 5.13 Å². The van der Waals surface area contributed by atoms with Crippen LogP contribution in [-0.4, -0.2) is 24.5 Å². The van der Waals surface area contributed by atoms with Crippen LogP contribution in [0.25, 0.3) is 0 Å². The lowest BCUT2D eigenvalue weighted by Gasteiger charge is -2.09. The van der Waals surface area contributed by atoms with Crippen molar-refractivity contribution in [3.05, 3.63) is 26.9 Å². The first-order valence-corrected chi connectivity index (χ1v) is 7.59. The number of thiophene rings is 1. The molecule has 0 aliphatic carbocycles. The van der Waals surface area contributed by atoms with Gasteiger partial charge in [-0.1, -0.05) is 0 Å². The maximum Gasteiger partial charge on any atom is 0.271 e. The van der Waals surface area contributed by atoms with Gasteiger partial charge < -0.3 is 10.1 Å². The van der Waals surface area contributed by atoms with Gasteiger partial charge in [0.25, 0.3) is 5.91 Å². The van der Waals surface area contributed by atoms with Crippen molar-refractivity contribution < 1.29 is 9.53 Å². The van der Waals surface area contributed by atoms with E-state index in [9.17, 15) is 4.79 Å². The smallest absolute Gasteiger partial charge is 0.271 e. The fraction of sp³-hybridized carbons (Fsp3) is 0.333. The van der Waals surface area contributed by atoms with Gasteiger partial charge in [-0.25, -0.2) is 4.98 Å². The lowest BCUT2D eigenvalue weighted by atomic mass is 10.2. The van der Waals surface area contributed by atoms with E-state index in [0.29, 0.717) is 15.8 Å². The average Bonchev–Trinajstić information content (AvgIpc) is 3.03. The zero-order valence-corrected chi connectivity index (χ0v) is 12.0. The number of rotatable bonds is 3. The van der Waals surface area contributed by atoms with Crippen LogP contribution in [0.15, 0.2) is 11.4 Å². The lowest BCUT2D eigenvalue weighted by molar-refractivity contribution is 0.102. The van der Waals surface area contributed by atoms with E-state index in [1.165, 1.54) is 27.6 Å². The molecule has 0 atom stereocenters. The van der Waals surface area contributed by atoms with Gasteiger partial charge in [0, 0.05) is 24.4 Å². The summed E-state index contributed by atoms with van der Waals surface area (Å²) in [5, 5.41) is 8.64. The minimum atomic E-state index is -0.161. The maximum atomic E-state index is 12.1. The molecule has 0 saturated heterocycles. The number of hydrogen-bond acceptors (Lipinski definition) is 6. The van der Waals surface area contributed by atoms with Crippen LogP contribution >= 0.6 is 22.7 Å². The molecule has 3 rings (SSSR count). The number of thiazole rings is 1. The van der Waals surface area contributed by atoms with Crippen molar-refractivity contribution in [1.29, 1.82) is 0 Å². The molecule has 0 radical (unpaired) electrons. The molecule has 1 amide bonds. The Balaban J connectivity index is 1.78. The van der Waals surface area contributed by atoms with Crippen molar-refractivity contribution in [3.63, 3.8) is 0 Å². The van der Waals surface area contributed by atoms with E-state index in [0.717, 1.165) is 25.2 Å². The van der Waals surface area contributed by atoms with E-state index in [2.05, 4.69) is 15.6 Å². The summed E-state index contributed by atoms with van der Waals surface area (Å²) in [5.41, 5.74) is 1.09. The van der Waals surface area contributed by atoms with Gasteiger partial charge in [0.15, 0.2) is 5.13 Å². The number of fused-ring (bicyclic) bond motifs is 1. The number of hydrogen-bond donors (Lipinski definition) is 2. The first-order valence-electron chi connectivity index (χ1n) is 5.90. The molecular weight excluding hydrogens is 282 g/mol. The summed E-state index contributed by atoms with van der Waals surface area (Å²) in [6.45, 7) is 1.79. The number of ether oxygens (including phenoxy) is 1. The Morgan fingerprint density at radius 3 is 3.26 bits per heavy atom. The first kappa shape index (κ1) is 12.6. The summed E-state index contributed by atoms with van der Waals surface area (Å²) in [7, 11) is 1.56. The summed E-state index contributed by atoms with van der Waals surface area (Å²) in [6.07, 6.45) is 0.921. The van der Waals surface area contributed by atoms with E-state index in [-0.39, 0.29) is 5.91 Å². The number of carbonyl (C=O) groups is 1. The number of aromatic nitrogens is 1. The molecule has 5 nitrogen and oxygen atoms in total. The average molecular weight is 295 g/mol. The highest BCUT2D eigenvalue weighted by Crippen LogP contribution is 2.28. The van der Waals surface area contributed by atoms with Crippen LogP contribution in [0.3, 0.4) is 0 Å². The van der Waals surface area contributed by atoms with Gasteiger partial charge in [-0.3, -0.25) is 10.1 Å². The SMILES string of the molecule is COc1ccsc1C(=O)Nc1nc2c(s1)CNCC2. The third-order valence-corrected chi connectivity index (χ3v) is 4.79. The van der Waals surface area contributed by atoms with Crippen molar-refractivity contribution in [3.8, 4) is 5.75 Å². The van der Waals surface area contributed by atoms with E-state index < -0.39 is 0 Å². The van der Waals surface area contributed by atoms with Crippen LogP contribution in [0.2, 0.25) is 0 Å². The summed E-state index contributed by atoms with van der Waals surface area (Å²) in [6, 6.07) is 1.79. The molecule has 2 aromatic heterocycles. The molecule has 100 valence electrons. The Morgan fingerprint density at radius 2 is 2.47 bits per heavy atom.